The van der Waals surface area contributed by atoms with Crippen molar-refractivity contribution >= 4 is 28.9 Å². The Labute approximate surface area is 167 Å². The number of rotatable bonds is 8. The minimum Gasteiger partial charge on any atom is -0.463 e. The van der Waals surface area contributed by atoms with Crippen molar-refractivity contribution in [2.75, 3.05) is 12.3 Å². The first-order valence-electron chi connectivity index (χ1n) is 9.57. The molecule has 1 aliphatic rings. The zero-order chi connectivity index (χ0) is 21.0. The van der Waals surface area contributed by atoms with Crippen molar-refractivity contribution in [2.45, 2.75) is 64.1 Å². The lowest BCUT2D eigenvalue weighted by Crippen LogP contribution is -2.38. The Morgan fingerprint density at radius 1 is 1.21 bits per heavy atom. The molecule has 0 unspecified atom stereocenters. The minimum atomic E-state index is -1.22. The fourth-order valence-electron chi connectivity index (χ4n) is 3.15. The van der Waals surface area contributed by atoms with Crippen LogP contribution in [0.4, 0.5) is 5.82 Å². The zero-order valence-electron chi connectivity index (χ0n) is 16.4. The topological polar surface area (TPSA) is 152 Å². The summed E-state index contributed by atoms with van der Waals surface area (Å²) in [5.41, 5.74) is 6.54. The first-order valence-corrected chi connectivity index (χ1v) is 9.57. The third-order valence-electron chi connectivity index (χ3n) is 4.56. The predicted molar refractivity (Wildman–Crippen MR) is 100 cm³/mol. The highest BCUT2D eigenvalue weighted by Gasteiger charge is 2.48. The SMILES string of the molecule is CCCC(=O)OC[C@H]1O[C@@H](n2cnc3c(N)ncnc32)[C@@H](O)[C@@H]1OC(=O)CCC. The normalized spacial score (nSPS) is 24.0. The van der Waals surface area contributed by atoms with Gasteiger partial charge in [-0.25, -0.2) is 15.0 Å². The van der Waals surface area contributed by atoms with Gasteiger partial charge in [0, 0.05) is 12.8 Å². The standard InChI is InChI=1S/C18H25N5O6/c1-3-5-11(24)27-7-10-15(29-12(25)6-4-2)14(26)18(28-10)23-9-22-13-16(19)20-8-21-17(13)23/h8-10,14-15,18,26H,3-7H2,1-2H3,(H2,19,20,21)/t10-,14+,15-,18-/m1/s1. The number of nitrogens with zero attached hydrogens (tertiary/aromatic N) is 4. The van der Waals surface area contributed by atoms with Gasteiger partial charge >= 0.3 is 11.9 Å². The lowest BCUT2D eigenvalue weighted by molar-refractivity contribution is -0.160. The van der Waals surface area contributed by atoms with Gasteiger partial charge in [-0.15, -0.1) is 0 Å². The number of nitrogen functional groups attached to an aromatic ring is 1. The highest BCUT2D eigenvalue weighted by molar-refractivity contribution is 5.81. The summed E-state index contributed by atoms with van der Waals surface area (Å²) < 4.78 is 18.1. The van der Waals surface area contributed by atoms with Crippen molar-refractivity contribution in [2.24, 2.45) is 0 Å². The predicted octanol–water partition coefficient (Wildman–Crippen LogP) is 0.722. The van der Waals surface area contributed by atoms with E-state index in [0.29, 0.717) is 24.0 Å². The molecule has 1 saturated heterocycles. The van der Waals surface area contributed by atoms with Crippen molar-refractivity contribution in [1.82, 2.24) is 19.5 Å². The number of hydrogen-bond acceptors (Lipinski definition) is 10. The zero-order valence-corrected chi connectivity index (χ0v) is 16.4. The molecule has 3 N–H and O–H groups in total. The monoisotopic (exact) mass is 407 g/mol. The number of esters is 2. The number of aliphatic hydroxyl groups is 1. The molecule has 0 saturated carbocycles. The van der Waals surface area contributed by atoms with Crippen LogP contribution in [0.2, 0.25) is 0 Å². The molecular formula is C18H25N5O6. The van der Waals surface area contributed by atoms with Gasteiger partial charge < -0.3 is 25.1 Å². The number of anilines is 1. The van der Waals surface area contributed by atoms with E-state index in [9.17, 15) is 14.7 Å². The van der Waals surface area contributed by atoms with E-state index in [-0.39, 0.29) is 31.2 Å². The number of nitrogens with two attached hydrogens (primary N) is 1. The molecule has 3 heterocycles. The second-order valence-electron chi connectivity index (χ2n) is 6.78. The molecule has 2 aromatic heterocycles. The van der Waals surface area contributed by atoms with E-state index in [1.165, 1.54) is 17.2 Å². The maximum absolute atomic E-state index is 12.0. The lowest BCUT2D eigenvalue weighted by atomic mass is 10.1. The van der Waals surface area contributed by atoms with Gasteiger partial charge in [0.05, 0.1) is 6.33 Å². The Morgan fingerprint density at radius 3 is 2.66 bits per heavy atom. The van der Waals surface area contributed by atoms with Crippen LogP contribution in [0.25, 0.3) is 11.2 Å². The molecule has 4 atom stereocenters. The maximum atomic E-state index is 12.0. The first kappa shape index (κ1) is 20.9. The van der Waals surface area contributed by atoms with Crippen molar-refractivity contribution in [1.29, 1.82) is 0 Å². The van der Waals surface area contributed by atoms with Crippen LogP contribution in [0.1, 0.15) is 45.8 Å². The molecule has 0 spiro atoms. The molecule has 0 aliphatic carbocycles. The molecule has 11 heteroatoms. The number of ether oxygens (including phenoxy) is 3. The quantitative estimate of drug-likeness (QED) is 0.599. The number of imidazole rings is 1. The molecule has 0 bridgehead atoms. The second-order valence-corrected chi connectivity index (χ2v) is 6.78. The Balaban J connectivity index is 1.83. The lowest BCUT2D eigenvalue weighted by Gasteiger charge is -2.20. The smallest absolute Gasteiger partial charge is 0.306 e. The van der Waals surface area contributed by atoms with E-state index in [2.05, 4.69) is 15.0 Å². The third-order valence-corrected chi connectivity index (χ3v) is 4.56. The Kier molecular flexibility index (Phi) is 6.60. The molecule has 158 valence electrons. The average molecular weight is 407 g/mol. The molecule has 0 amide bonds. The summed E-state index contributed by atoms with van der Waals surface area (Å²) in [6.45, 7) is 3.55. The van der Waals surface area contributed by atoms with Crippen LogP contribution >= 0.6 is 0 Å². The molecule has 11 nitrogen and oxygen atoms in total. The van der Waals surface area contributed by atoms with E-state index >= 15 is 0 Å². The van der Waals surface area contributed by atoms with Gasteiger partial charge in [-0.3, -0.25) is 14.2 Å². The molecule has 3 rings (SSSR count). The van der Waals surface area contributed by atoms with E-state index in [1.54, 1.807) is 0 Å². The van der Waals surface area contributed by atoms with Crippen molar-refractivity contribution < 1.29 is 28.9 Å². The van der Waals surface area contributed by atoms with Crippen LogP contribution in [-0.2, 0) is 23.8 Å². The van der Waals surface area contributed by atoms with E-state index < -0.39 is 30.5 Å². The summed E-state index contributed by atoms with van der Waals surface area (Å²) in [5.74, 6) is -0.661. The van der Waals surface area contributed by atoms with Gasteiger partial charge in [0.15, 0.2) is 23.8 Å². The minimum absolute atomic E-state index is 0.153. The summed E-state index contributed by atoms with van der Waals surface area (Å²) in [6, 6.07) is 0. The summed E-state index contributed by atoms with van der Waals surface area (Å²) in [5, 5.41) is 10.8. The molecular weight excluding hydrogens is 382 g/mol. The fraction of sp³-hybridized carbons (Fsp3) is 0.611. The number of hydrogen-bond donors (Lipinski definition) is 2. The van der Waals surface area contributed by atoms with Gasteiger partial charge in [-0.05, 0) is 12.8 Å². The Hall–Kier alpha value is -2.79. The van der Waals surface area contributed by atoms with Crippen LogP contribution in [0.3, 0.4) is 0 Å². The van der Waals surface area contributed by atoms with Gasteiger partial charge in [0.2, 0.25) is 0 Å². The van der Waals surface area contributed by atoms with Crippen molar-refractivity contribution in [3.8, 4) is 0 Å². The molecule has 2 aromatic rings. The summed E-state index contributed by atoms with van der Waals surface area (Å²) in [6.07, 6.45) is 0.382. The fourth-order valence-corrected chi connectivity index (χ4v) is 3.15. The van der Waals surface area contributed by atoms with Crippen LogP contribution in [-0.4, -0.2) is 61.5 Å². The number of carbonyl (C=O) groups excluding carboxylic acids is 2. The highest BCUT2D eigenvalue weighted by atomic mass is 16.6. The van der Waals surface area contributed by atoms with E-state index in [4.69, 9.17) is 19.9 Å². The summed E-state index contributed by atoms with van der Waals surface area (Å²) >= 11 is 0. The third kappa shape index (κ3) is 4.46. The van der Waals surface area contributed by atoms with Crippen molar-refractivity contribution in [3.63, 3.8) is 0 Å². The van der Waals surface area contributed by atoms with E-state index in [0.717, 1.165) is 0 Å². The second kappa shape index (κ2) is 9.14. The van der Waals surface area contributed by atoms with Crippen LogP contribution < -0.4 is 5.73 Å². The molecule has 1 aliphatic heterocycles. The van der Waals surface area contributed by atoms with Gasteiger partial charge in [0.25, 0.3) is 0 Å². The molecule has 0 radical (unpaired) electrons. The average Bonchev–Trinajstić information content (AvgIpc) is 3.24. The Bertz CT molecular complexity index is 872. The highest BCUT2D eigenvalue weighted by Crippen LogP contribution is 2.34. The number of fused-ring (bicyclic) bond motifs is 1. The first-order chi connectivity index (χ1) is 14.0. The number of aromatic nitrogens is 4. The largest absolute Gasteiger partial charge is 0.463 e. The Morgan fingerprint density at radius 2 is 1.93 bits per heavy atom. The molecule has 0 aromatic carbocycles. The van der Waals surface area contributed by atoms with Gasteiger partial charge in [-0.1, -0.05) is 13.8 Å². The van der Waals surface area contributed by atoms with Crippen LogP contribution in [0.5, 0.6) is 0 Å². The van der Waals surface area contributed by atoms with Gasteiger partial charge in [0.1, 0.15) is 30.7 Å². The summed E-state index contributed by atoms with van der Waals surface area (Å²) in [4.78, 5) is 36.0. The van der Waals surface area contributed by atoms with Crippen LogP contribution in [0, 0.1) is 0 Å². The molecule has 29 heavy (non-hydrogen) atoms. The summed E-state index contributed by atoms with van der Waals surface area (Å²) in [7, 11) is 0. The van der Waals surface area contributed by atoms with E-state index in [1.807, 2.05) is 13.8 Å². The number of carbonyl (C=O) groups is 2. The maximum Gasteiger partial charge on any atom is 0.306 e. The van der Waals surface area contributed by atoms with Crippen LogP contribution in [0.15, 0.2) is 12.7 Å². The number of aliphatic hydroxyl groups excluding tert-OH is 1. The molecule has 1 fully saturated rings. The van der Waals surface area contributed by atoms with Crippen molar-refractivity contribution in [3.05, 3.63) is 12.7 Å². The van der Waals surface area contributed by atoms with Gasteiger partial charge in [-0.2, -0.15) is 0 Å².